The Morgan fingerprint density at radius 2 is 2.05 bits per heavy atom. The van der Waals surface area contributed by atoms with Gasteiger partial charge in [0.15, 0.2) is 0 Å². The molecule has 20 heavy (non-hydrogen) atoms. The molecule has 1 amide bonds. The summed E-state index contributed by atoms with van der Waals surface area (Å²) in [6.07, 6.45) is 6.59. The van der Waals surface area contributed by atoms with Gasteiger partial charge in [0.2, 0.25) is 0 Å². The van der Waals surface area contributed by atoms with E-state index in [0.717, 1.165) is 23.1 Å². The van der Waals surface area contributed by atoms with Crippen molar-refractivity contribution in [2.45, 2.75) is 25.7 Å². The van der Waals surface area contributed by atoms with Gasteiger partial charge in [0.1, 0.15) is 0 Å². The molecule has 1 saturated heterocycles. The number of carbonyl (C=O) groups is 1. The first-order valence-corrected chi connectivity index (χ1v) is 7.83. The van der Waals surface area contributed by atoms with Crippen LogP contribution in [0.4, 0.5) is 0 Å². The number of nitrogens with zero attached hydrogens (tertiary/aromatic N) is 2. The first-order valence-electron chi connectivity index (χ1n) is 7.04. The molecule has 0 aliphatic carbocycles. The van der Waals surface area contributed by atoms with Gasteiger partial charge in [0, 0.05) is 4.47 Å². The zero-order chi connectivity index (χ0) is 14.2. The minimum Gasteiger partial charge on any atom is -0.294 e. The Morgan fingerprint density at radius 1 is 1.30 bits per heavy atom. The second-order valence-corrected chi connectivity index (χ2v) is 5.95. The molecule has 0 aromatic heterocycles. The van der Waals surface area contributed by atoms with Crippen molar-refractivity contribution >= 4 is 28.1 Å². The maximum absolute atomic E-state index is 11.8. The number of rotatable bonds is 4. The van der Waals surface area contributed by atoms with Crippen LogP contribution in [0, 0.1) is 0 Å². The van der Waals surface area contributed by atoms with E-state index >= 15 is 0 Å². The van der Waals surface area contributed by atoms with E-state index in [0.29, 0.717) is 6.54 Å². The summed E-state index contributed by atoms with van der Waals surface area (Å²) in [4.78, 5) is 14.0. The summed E-state index contributed by atoms with van der Waals surface area (Å²) in [5.41, 5.74) is 3.55. The number of halogens is 1. The monoisotopic (exact) mass is 337 g/mol. The zero-order valence-corrected chi connectivity index (χ0v) is 13.1. The van der Waals surface area contributed by atoms with Gasteiger partial charge in [-0.15, -0.1) is 0 Å². The predicted octanol–water partition coefficient (Wildman–Crippen LogP) is 2.78. The molecule has 1 aromatic carbocycles. The van der Waals surface area contributed by atoms with Crippen LogP contribution in [0.25, 0.3) is 0 Å². The van der Waals surface area contributed by atoms with Crippen LogP contribution in [0.2, 0.25) is 0 Å². The molecule has 4 nitrogen and oxygen atoms in total. The minimum atomic E-state index is -0.0434. The summed E-state index contributed by atoms with van der Waals surface area (Å²) >= 11 is 3.40. The fraction of sp³-hybridized carbons (Fsp3) is 0.467. The summed E-state index contributed by atoms with van der Waals surface area (Å²) in [5, 5.41) is 4.00. The van der Waals surface area contributed by atoms with E-state index in [4.69, 9.17) is 0 Å². The van der Waals surface area contributed by atoms with E-state index in [1.807, 2.05) is 24.3 Å². The smallest absolute Gasteiger partial charge is 0.254 e. The van der Waals surface area contributed by atoms with Crippen LogP contribution in [0.5, 0.6) is 0 Å². The molecule has 0 radical (unpaired) electrons. The van der Waals surface area contributed by atoms with Crippen LogP contribution in [0.3, 0.4) is 0 Å². The number of hydrogen-bond donors (Lipinski definition) is 1. The Morgan fingerprint density at radius 3 is 2.75 bits per heavy atom. The second kappa shape index (κ2) is 8.17. The lowest BCUT2D eigenvalue weighted by Gasteiger charge is -2.17. The summed E-state index contributed by atoms with van der Waals surface area (Å²) in [5.74, 6) is -0.0434. The van der Waals surface area contributed by atoms with Gasteiger partial charge in [-0.05, 0) is 43.6 Å². The van der Waals surface area contributed by atoms with Crippen LogP contribution in [0.1, 0.15) is 31.2 Å². The number of likely N-dealkylation sites (tertiary alicyclic amines) is 1. The summed E-state index contributed by atoms with van der Waals surface area (Å²) in [6, 6.07) is 7.78. The van der Waals surface area contributed by atoms with Gasteiger partial charge >= 0.3 is 0 Å². The Hall–Kier alpha value is -1.20. The van der Waals surface area contributed by atoms with Crippen molar-refractivity contribution in [3.8, 4) is 0 Å². The highest BCUT2D eigenvalue weighted by Gasteiger charge is 2.12. The SMILES string of the molecule is O=C(CN1CCCCCC1)NN=Cc1cccc(Br)c1. The van der Waals surface area contributed by atoms with Crippen LogP contribution < -0.4 is 5.43 Å². The number of hydrogen-bond acceptors (Lipinski definition) is 3. The van der Waals surface area contributed by atoms with Crippen molar-refractivity contribution in [1.29, 1.82) is 0 Å². The molecule has 108 valence electrons. The van der Waals surface area contributed by atoms with Crippen molar-refractivity contribution in [1.82, 2.24) is 10.3 Å². The number of carbonyl (C=O) groups excluding carboxylic acids is 1. The molecule has 0 atom stereocenters. The molecule has 1 heterocycles. The van der Waals surface area contributed by atoms with Gasteiger partial charge < -0.3 is 0 Å². The van der Waals surface area contributed by atoms with E-state index in [1.54, 1.807) is 6.21 Å². The molecular formula is C15H20BrN3O. The van der Waals surface area contributed by atoms with Crippen molar-refractivity contribution in [2.75, 3.05) is 19.6 Å². The predicted molar refractivity (Wildman–Crippen MR) is 84.8 cm³/mol. The molecule has 1 fully saturated rings. The fourth-order valence-electron chi connectivity index (χ4n) is 2.30. The van der Waals surface area contributed by atoms with Crippen molar-refractivity contribution in [3.05, 3.63) is 34.3 Å². The summed E-state index contributed by atoms with van der Waals surface area (Å²) in [6.45, 7) is 2.47. The van der Waals surface area contributed by atoms with Crippen LogP contribution >= 0.6 is 15.9 Å². The molecule has 1 aliphatic heterocycles. The first-order chi connectivity index (χ1) is 9.74. The Kier molecular flexibility index (Phi) is 6.21. The van der Waals surface area contributed by atoms with Gasteiger partial charge in [0.05, 0.1) is 12.8 Å². The highest BCUT2D eigenvalue weighted by Crippen LogP contribution is 2.10. The zero-order valence-electron chi connectivity index (χ0n) is 11.5. The van der Waals surface area contributed by atoms with Crippen LogP contribution in [0.15, 0.2) is 33.8 Å². The van der Waals surface area contributed by atoms with Gasteiger partial charge in [-0.2, -0.15) is 5.10 Å². The molecule has 0 saturated carbocycles. The van der Waals surface area contributed by atoms with Crippen molar-refractivity contribution in [3.63, 3.8) is 0 Å². The number of amides is 1. The highest BCUT2D eigenvalue weighted by atomic mass is 79.9. The lowest BCUT2D eigenvalue weighted by atomic mass is 10.2. The molecule has 0 bridgehead atoms. The lowest BCUT2D eigenvalue weighted by Crippen LogP contribution is -2.35. The van der Waals surface area contributed by atoms with Crippen LogP contribution in [-0.2, 0) is 4.79 Å². The molecule has 0 unspecified atom stereocenters. The van der Waals surface area contributed by atoms with Gasteiger partial charge in [-0.1, -0.05) is 40.9 Å². The summed E-state index contributed by atoms with van der Waals surface area (Å²) in [7, 11) is 0. The van der Waals surface area contributed by atoms with Crippen molar-refractivity contribution < 1.29 is 4.79 Å². The molecule has 1 aliphatic rings. The van der Waals surface area contributed by atoms with Gasteiger partial charge in [0.25, 0.3) is 5.91 Å². The molecule has 1 aromatic rings. The van der Waals surface area contributed by atoms with E-state index in [1.165, 1.54) is 25.7 Å². The Labute approximate surface area is 128 Å². The third kappa shape index (κ3) is 5.43. The number of nitrogens with one attached hydrogen (secondary N) is 1. The third-order valence-electron chi connectivity index (χ3n) is 3.32. The fourth-order valence-corrected chi connectivity index (χ4v) is 2.72. The first kappa shape index (κ1) is 15.2. The maximum Gasteiger partial charge on any atom is 0.254 e. The maximum atomic E-state index is 11.8. The normalized spacial score (nSPS) is 17.1. The molecule has 2 rings (SSSR count). The third-order valence-corrected chi connectivity index (χ3v) is 3.81. The quantitative estimate of drug-likeness (QED) is 0.678. The highest BCUT2D eigenvalue weighted by molar-refractivity contribution is 9.10. The molecule has 1 N–H and O–H groups in total. The second-order valence-electron chi connectivity index (χ2n) is 5.04. The van der Waals surface area contributed by atoms with E-state index in [2.05, 4.69) is 31.4 Å². The van der Waals surface area contributed by atoms with E-state index in [-0.39, 0.29) is 5.91 Å². The summed E-state index contributed by atoms with van der Waals surface area (Å²) < 4.78 is 0.998. The van der Waals surface area contributed by atoms with Gasteiger partial charge in [-0.3, -0.25) is 9.69 Å². The topological polar surface area (TPSA) is 44.7 Å². The number of hydrazone groups is 1. The molecule has 5 heteroatoms. The minimum absolute atomic E-state index is 0.0434. The largest absolute Gasteiger partial charge is 0.294 e. The average Bonchev–Trinajstić information content (AvgIpc) is 2.67. The number of benzene rings is 1. The lowest BCUT2D eigenvalue weighted by molar-refractivity contribution is -0.122. The van der Waals surface area contributed by atoms with Gasteiger partial charge in [-0.25, -0.2) is 5.43 Å². The van der Waals surface area contributed by atoms with E-state index < -0.39 is 0 Å². The van der Waals surface area contributed by atoms with E-state index in [9.17, 15) is 4.79 Å². The Bertz CT molecular complexity index is 468. The Balaban J connectivity index is 1.76. The standard InChI is InChI=1S/C15H20BrN3O/c16-14-7-5-6-13(10-14)11-17-18-15(20)12-19-8-3-1-2-4-9-19/h5-7,10-11H,1-4,8-9,12H2,(H,18,20). The molecule has 0 spiro atoms. The van der Waals surface area contributed by atoms with Crippen LogP contribution in [-0.4, -0.2) is 36.7 Å². The molecular weight excluding hydrogens is 318 g/mol. The average molecular weight is 338 g/mol. The van der Waals surface area contributed by atoms with Crippen molar-refractivity contribution in [2.24, 2.45) is 5.10 Å².